The Morgan fingerprint density at radius 3 is 2.33 bits per heavy atom. The van der Waals surface area contributed by atoms with E-state index in [0.717, 1.165) is 11.1 Å². The first-order valence-electron chi connectivity index (χ1n) is 10.4. The molecule has 0 amide bonds. The van der Waals surface area contributed by atoms with E-state index in [9.17, 15) is 0 Å². The monoisotopic (exact) mass is 418 g/mol. The van der Waals surface area contributed by atoms with Crippen molar-refractivity contribution in [2.75, 3.05) is 0 Å². The molecule has 1 aliphatic rings. The largest absolute Gasteiger partial charge is 0.309 e. The van der Waals surface area contributed by atoms with Gasteiger partial charge in [0.15, 0.2) is 0 Å². The zero-order chi connectivity index (χ0) is 22.4. The number of hydrogen-bond donors (Lipinski definition) is 2. The Kier molecular flexibility index (Phi) is 8.43. The maximum absolute atomic E-state index is 8.46. The van der Waals surface area contributed by atoms with E-state index >= 15 is 0 Å². The Balaban J connectivity index is 2.39. The molecule has 1 heterocycles. The highest BCUT2D eigenvalue weighted by Crippen LogP contribution is 2.48. The topological polar surface area (TPSA) is 47.7 Å². The number of nitrogens with one attached hydrogen (secondary N) is 2. The van der Waals surface area contributed by atoms with E-state index in [1.54, 1.807) is 13.0 Å². The lowest BCUT2D eigenvalue weighted by Crippen LogP contribution is -2.15. The third kappa shape index (κ3) is 5.82. The van der Waals surface area contributed by atoms with Crippen molar-refractivity contribution >= 4 is 34.8 Å². The van der Waals surface area contributed by atoms with Gasteiger partial charge < -0.3 is 10.8 Å². The molecule has 0 bridgehead atoms. The van der Waals surface area contributed by atoms with E-state index in [2.05, 4.69) is 64.3 Å². The minimum Gasteiger partial charge on any atom is -0.309 e. The molecule has 3 atom stereocenters. The third-order valence-corrected chi connectivity index (χ3v) is 7.11. The van der Waals surface area contributed by atoms with E-state index < -0.39 is 0 Å². The van der Waals surface area contributed by atoms with Crippen molar-refractivity contribution in [1.29, 1.82) is 10.8 Å². The number of allylic oxidation sites excluding steroid dienone is 7. The smallest absolute Gasteiger partial charge is 0.0279 e. The molecule has 1 aliphatic heterocycles. The van der Waals surface area contributed by atoms with Crippen molar-refractivity contribution in [2.45, 2.75) is 46.3 Å². The fraction of sp³-hybridized carbons (Fsp3) is 0.333. The van der Waals surface area contributed by atoms with Gasteiger partial charge in [0.25, 0.3) is 0 Å². The van der Waals surface area contributed by atoms with Gasteiger partial charge in [0, 0.05) is 34.9 Å². The predicted molar refractivity (Wildman–Crippen MR) is 137 cm³/mol. The van der Waals surface area contributed by atoms with E-state index in [1.165, 1.54) is 21.6 Å². The van der Waals surface area contributed by atoms with Crippen LogP contribution in [-0.4, -0.2) is 16.7 Å². The molecule has 0 aliphatic carbocycles. The van der Waals surface area contributed by atoms with Gasteiger partial charge in [-0.15, -0.1) is 11.8 Å². The summed E-state index contributed by atoms with van der Waals surface area (Å²) in [4.78, 5) is 1.40. The molecule has 3 heteroatoms. The first-order valence-corrected chi connectivity index (χ1v) is 11.3. The Morgan fingerprint density at radius 2 is 1.83 bits per heavy atom. The van der Waals surface area contributed by atoms with Crippen LogP contribution in [0.3, 0.4) is 0 Å². The highest BCUT2D eigenvalue weighted by Gasteiger charge is 2.32. The van der Waals surface area contributed by atoms with E-state index in [-0.39, 0.29) is 5.92 Å². The fourth-order valence-corrected chi connectivity index (χ4v) is 5.11. The molecule has 0 radical (unpaired) electrons. The van der Waals surface area contributed by atoms with Crippen molar-refractivity contribution < 1.29 is 0 Å². The second kappa shape index (κ2) is 10.6. The van der Waals surface area contributed by atoms with Crippen LogP contribution < -0.4 is 0 Å². The molecular weight excluding hydrogens is 384 g/mol. The van der Waals surface area contributed by atoms with Crippen LogP contribution in [0.4, 0.5) is 0 Å². The van der Waals surface area contributed by atoms with Crippen molar-refractivity contribution in [1.82, 2.24) is 0 Å². The molecule has 0 saturated heterocycles. The maximum Gasteiger partial charge on any atom is 0.0279 e. The van der Waals surface area contributed by atoms with Crippen molar-refractivity contribution in [3.8, 4) is 0 Å². The van der Waals surface area contributed by atoms with Crippen molar-refractivity contribution in [3.63, 3.8) is 0 Å². The summed E-state index contributed by atoms with van der Waals surface area (Å²) in [5, 5.41) is 16.4. The quantitative estimate of drug-likeness (QED) is 0.310. The van der Waals surface area contributed by atoms with Crippen LogP contribution in [0.15, 0.2) is 71.7 Å². The lowest BCUT2D eigenvalue weighted by Gasteiger charge is -2.23. The van der Waals surface area contributed by atoms with Crippen LogP contribution in [0.5, 0.6) is 0 Å². The average molecular weight is 419 g/mol. The molecule has 1 aromatic rings. The summed E-state index contributed by atoms with van der Waals surface area (Å²) in [5.41, 5.74) is 7.08. The molecule has 1 aromatic carbocycles. The lowest BCUT2D eigenvalue weighted by molar-refractivity contribution is 0.776. The zero-order valence-electron chi connectivity index (χ0n) is 18.9. The molecule has 0 fully saturated rings. The normalized spacial score (nSPS) is 20.5. The SMILES string of the molecule is C=Cc1ccc(C(=CC(=C)[C@H](C)C(=N)C/C=C/C(C)=N)C2C(C)=C(C)SC2C)cc1. The van der Waals surface area contributed by atoms with E-state index in [4.69, 9.17) is 10.8 Å². The maximum atomic E-state index is 8.46. The summed E-state index contributed by atoms with van der Waals surface area (Å²) in [5.74, 6) is 0.293. The Bertz CT molecular complexity index is 928. The third-order valence-electron chi connectivity index (χ3n) is 5.79. The summed E-state index contributed by atoms with van der Waals surface area (Å²) in [6, 6.07) is 8.54. The molecule has 2 nitrogen and oxygen atoms in total. The lowest BCUT2D eigenvalue weighted by atomic mass is 9.82. The zero-order valence-corrected chi connectivity index (χ0v) is 19.7. The average Bonchev–Trinajstić information content (AvgIpc) is 2.96. The summed E-state index contributed by atoms with van der Waals surface area (Å²) in [6.45, 7) is 18.7. The first kappa shape index (κ1) is 23.9. The Hall–Kier alpha value is -2.39. The van der Waals surface area contributed by atoms with Crippen LogP contribution in [0.25, 0.3) is 11.6 Å². The van der Waals surface area contributed by atoms with Gasteiger partial charge in [0.1, 0.15) is 0 Å². The van der Waals surface area contributed by atoms with Gasteiger partial charge in [-0.3, -0.25) is 0 Å². The van der Waals surface area contributed by atoms with Crippen molar-refractivity contribution in [3.05, 3.63) is 82.8 Å². The Morgan fingerprint density at radius 1 is 1.20 bits per heavy atom. The summed E-state index contributed by atoms with van der Waals surface area (Å²) < 4.78 is 0. The van der Waals surface area contributed by atoms with Crippen molar-refractivity contribution in [2.24, 2.45) is 11.8 Å². The summed E-state index contributed by atoms with van der Waals surface area (Å²) in [6.07, 6.45) is 8.25. The highest BCUT2D eigenvalue weighted by molar-refractivity contribution is 8.03. The molecule has 2 unspecified atom stereocenters. The summed E-state index contributed by atoms with van der Waals surface area (Å²) >= 11 is 1.94. The molecule has 2 N–H and O–H groups in total. The highest BCUT2D eigenvalue weighted by atomic mass is 32.2. The molecular formula is C27H34N2S. The van der Waals surface area contributed by atoms with Gasteiger partial charge in [-0.05, 0) is 54.0 Å². The van der Waals surface area contributed by atoms with Crippen LogP contribution in [0.1, 0.15) is 52.2 Å². The predicted octanol–water partition coefficient (Wildman–Crippen LogP) is 7.96. The van der Waals surface area contributed by atoms with Crippen LogP contribution in [0, 0.1) is 22.7 Å². The van der Waals surface area contributed by atoms with Gasteiger partial charge in [-0.25, -0.2) is 0 Å². The number of benzene rings is 1. The minimum absolute atomic E-state index is 0.0436. The molecule has 0 aromatic heterocycles. The second-order valence-corrected chi connectivity index (χ2v) is 9.67. The Labute approximate surface area is 186 Å². The molecule has 158 valence electrons. The van der Waals surface area contributed by atoms with Gasteiger partial charge >= 0.3 is 0 Å². The first-order chi connectivity index (χ1) is 14.1. The molecule has 30 heavy (non-hydrogen) atoms. The molecule has 2 rings (SSSR count). The van der Waals surface area contributed by atoms with Gasteiger partial charge in [-0.2, -0.15) is 0 Å². The standard InChI is InChI=1S/C27H34N2S/c1-8-23-12-14-24(15-13-23)25(27-20(5)21(6)30-22(27)7)16-17(2)19(4)26(29)11-9-10-18(3)28/h8-10,12-16,19,22,27-29H,1-2,11H2,3-7H3/b10-9+,25-16?,28-18?,29-26?/t19-,22?,27?/m0/s1. The summed E-state index contributed by atoms with van der Waals surface area (Å²) in [7, 11) is 0. The van der Waals surface area contributed by atoms with Gasteiger partial charge in [0.05, 0.1) is 0 Å². The van der Waals surface area contributed by atoms with Crippen LogP contribution in [-0.2, 0) is 0 Å². The van der Waals surface area contributed by atoms with E-state index in [1.807, 2.05) is 30.8 Å². The van der Waals surface area contributed by atoms with Gasteiger partial charge in [-0.1, -0.05) is 75.1 Å². The number of thioether (sulfide) groups is 1. The van der Waals surface area contributed by atoms with E-state index in [0.29, 0.717) is 29.0 Å². The number of rotatable bonds is 9. The van der Waals surface area contributed by atoms with Crippen LogP contribution >= 0.6 is 11.8 Å². The fourth-order valence-electron chi connectivity index (χ4n) is 3.75. The second-order valence-electron chi connectivity index (χ2n) is 8.08. The van der Waals surface area contributed by atoms with Crippen LogP contribution in [0.2, 0.25) is 0 Å². The molecule has 0 spiro atoms. The minimum atomic E-state index is -0.0436. The number of hydrogen-bond acceptors (Lipinski definition) is 3. The van der Waals surface area contributed by atoms with Gasteiger partial charge in [0.2, 0.25) is 0 Å². The molecule has 0 saturated carbocycles.